The van der Waals surface area contributed by atoms with E-state index in [1.807, 2.05) is 25.0 Å². The van der Waals surface area contributed by atoms with Gasteiger partial charge in [0.25, 0.3) is 0 Å². The zero-order valence-corrected chi connectivity index (χ0v) is 9.42. The highest BCUT2D eigenvalue weighted by atomic mass is 32.2. The maximum Gasteiger partial charge on any atom is 0.0764 e. The van der Waals surface area contributed by atoms with Gasteiger partial charge in [0.1, 0.15) is 0 Å². The molecule has 0 amide bonds. The first-order valence-corrected chi connectivity index (χ1v) is 6.01. The molecule has 1 N–H and O–H groups in total. The van der Waals surface area contributed by atoms with Crippen molar-refractivity contribution in [3.63, 3.8) is 0 Å². The van der Waals surface area contributed by atoms with E-state index in [-0.39, 0.29) is 0 Å². The van der Waals surface area contributed by atoms with Gasteiger partial charge >= 0.3 is 0 Å². The largest absolute Gasteiger partial charge is 0.311 e. The third-order valence-corrected chi connectivity index (χ3v) is 4.18. The van der Waals surface area contributed by atoms with E-state index in [9.17, 15) is 0 Å². The van der Waals surface area contributed by atoms with Gasteiger partial charge in [0.2, 0.25) is 0 Å². The summed E-state index contributed by atoms with van der Waals surface area (Å²) in [6.45, 7) is 0. The van der Waals surface area contributed by atoms with Crippen LogP contribution in [0.25, 0.3) is 0 Å². The summed E-state index contributed by atoms with van der Waals surface area (Å²) in [6, 6.07) is 0.391. The van der Waals surface area contributed by atoms with Crippen LogP contribution in [-0.2, 0) is 7.05 Å². The number of hydrogen-bond donors (Lipinski definition) is 1. The fraction of sp³-hybridized carbons (Fsp3) is 0.778. The normalized spacial score (nSPS) is 24.0. The molecule has 2 unspecified atom stereocenters. The lowest BCUT2D eigenvalue weighted by Crippen LogP contribution is -2.27. The van der Waals surface area contributed by atoms with E-state index < -0.39 is 0 Å². The van der Waals surface area contributed by atoms with Crippen LogP contribution in [0.1, 0.15) is 24.6 Å². The quantitative estimate of drug-likeness (QED) is 0.811. The average molecular weight is 212 g/mol. The molecule has 0 aliphatic carbocycles. The van der Waals surface area contributed by atoms with Gasteiger partial charge in [-0.25, -0.2) is 0 Å². The Morgan fingerprint density at radius 3 is 3.07 bits per heavy atom. The molecule has 1 aliphatic rings. The van der Waals surface area contributed by atoms with E-state index in [2.05, 4.69) is 27.4 Å². The van der Waals surface area contributed by atoms with E-state index in [4.69, 9.17) is 0 Å². The number of hydrogen-bond acceptors (Lipinski definition) is 4. The smallest absolute Gasteiger partial charge is 0.0764 e. The van der Waals surface area contributed by atoms with Crippen LogP contribution < -0.4 is 5.32 Å². The number of aryl methyl sites for hydroxylation is 1. The Labute approximate surface area is 88.4 Å². The van der Waals surface area contributed by atoms with Gasteiger partial charge in [-0.3, -0.25) is 4.68 Å². The topological polar surface area (TPSA) is 42.7 Å². The molecule has 0 spiro atoms. The van der Waals surface area contributed by atoms with E-state index in [0.717, 1.165) is 0 Å². The van der Waals surface area contributed by atoms with Gasteiger partial charge in [0.15, 0.2) is 0 Å². The highest BCUT2D eigenvalue weighted by Gasteiger charge is 2.27. The number of thioether (sulfide) groups is 1. The number of nitrogens with one attached hydrogen (secondary N) is 1. The Balaban J connectivity index is 2.16. The minimum Gasteiger partial charge on any atom is -0.311 e. The van der Waals surface area contributed by atoms with Crippen LogP contribution in [0, 0.1) is 0 Å². The van der Waals surface area contributed by atoms with Crippen molar-refractivity contribution in [3.05, 3.63) is 11.9 Å². The molecular formula is C9H16N4S. The molecule has 78 valence electrons. The lowest BCUT2D eigenvalue weighted by atomic mass is 10.1. The first-order chi connectivity index (χ1) is 6.83. The zero-order chi connectivity index (χ0) is 9.97. The van der Waals surface area contributed by atoms with E-state index >= 15 is 0 Å². The molecule has 2 heterocycles. The van der Waals surface area contributed by atoms with Crippen LogP contribution in [0.4, 0.5) is 0 Å². The van der Waals surface area contributed by atoms with Crippen molar-refractivity contribution in [2.75, 3.05) is 12.8 Å². The van der Waals surface area contributed by atoms with E-state index in [1.165, 1.54) is 24.3 Å². The summed E-state index contributed by atoms with van der Waals surface area (Å²) >= 11 is 2.05. The predicted molar refractivity (Wildman–Crippen MR) is 58.3 cm³/mol. The Kier molecular flexibility index (Phi) is 3.08. The van der Waals surface area contributed by atoms with Crippen molar-refractivity contribution in [1.29, 1.82) is 0 Å². The second-order valence-corrected chi connectivity index (χ2v) is 4.95. The molecule has 0 saturated carbocycles. The SMILES string of the molecule is CNC(c1cnnn1C)C1CCCS1. The zero-order valence-electron chi connectivity index (χ0n) is 8.60. The number of aromatic nitrogens is 3. The van der Waals surface area contributed by atoms with Crippen LogP contribution in [0.5, 0.6) is 0 Å². The third kappa shape index (κ3) is 1.79. The predicted octanol–water partition coefficient (Wildman–Crippen LogP) is 0.971. The highest BCUT2D eigenvalue weighted by Crippen LogP contribution is 2.35. The monoisotopic (exact) mass is 212 g/mol. The summed E-state index contributed by atoms with van der Waals surface area (Å²) in [7, 11) is 3.96. The molecule has 0 radical (unpaired) electrons. The Bertz CT molecular complexity index is 293. The van der Waals surface area contributed by atoms with Crippen LogP contribution in [-0.4, -0.2) is 33.0 Å². The lowest BCUT2D eigenvalue weighted by Gasteiger charge is -2.21. The van der Waals surface area contributed by atoms with Crippen LogP contribution in [0.15, 0.2) is 6.20 Å². The molecule has 5 heteroatoms. The maximum atomic E-state index is 3.97. The van der Waals surface area contributed by atoms with Crippen molar-refractivity contribution in [2.24, 2.45) is 7.05 Å². The van der Waals surface area contributed by atoms with Gasteiger partial charge < -0.3 is 5.32 Å². The standard InChI is InChI=1S/C9H16N4S/c1-10-9(8-4-3-5-14-8)7-6-11-12-13(7)2/h6,8-10H,3-5H2,1-2H3. The van der Waals surface area contributed by atoms with E-state index in [1.54, 1.807) is 0 Å². The Morgan fingerprint density at radius 1 is 1.71 bits per heavy atom. The Hall–Kier alpha value is -0.550. The summed E-state index contributed by atoms with van der Waals surface area (Å²) in [5, 5.41) is 11.9. The molecule has 0 aromatic carbocycles. The molecule has 1 fully saturated rings. The summed E-state index contributed by atoms with van der Waals surface area (Å²) in [4.78, 5) is 0. The van der Waals surface area contributed by atoms with Gasteiger partial charge in [-0.05, 0) is 25.6 Å². The fourth-order valence-electron chi connectivity index (χ4n) is 1.97. The summed E-state index contributed by atoms with van der Waals surface area (Å²) < 4.78 is 1.86. The first-order valence-electron chi connectivity index (χ1n) is 4.96. The molecular weight excluding hydrogens is 196 g/mol. The van der Waals surface area contributed by atoms with Gasteiger partial charge in [0, 0.05) is 12.3 Å². The second-order valence-electron chi connectivity index (χ2n) is 3.60. The molecule has 14 heavy (non-hydrogen) atoms. The van der Waals surface area contributed by atoms with Gasteiger partial charge in [-0.2, -0.15) is 11.8 Å². The summed E-state index contributed by atoms with van der Waals surface area (Å²) in [6.07, 6.45) is 4.49. The van der Waals surface area contributed by atoms with Crippen LogP contribution in [0.2, 0.25) is 0 Å². The van der Waals surface area contributed by atoms with E-state index in [0.29, 0.717) is 11.3 Å². The molecule has 2 rings (SSSR count). The molecule has 4 nitrogen and oxygen atoms in total. The minimum absolute atomic E-state index is 0.391. The van der Waals surface area contributed by atoms with Crippen LogP contribution >= 0.6 is 11.8 Å². The first kappa shape index (κ1) is 9.98. The molecule has 2 atom stereocenters. The van der Waals surface area contributed by atoms with Gasteiger partial charge in [0.05, 0.1) is 17.9 Å². The molecule has 1 saturated heterocycles. The minimum atomic E-state index is 0.391. The molecule has 1 aromatic rings. The second kappa shape index (κ2) is 4.31. The van der Waals surface area contributed by atoms with Gasteiger partial charge in [-0.15, -0.1) is 5.10 Å². The Morgan fingerprint density at radius 2 is 2.57 bits per heavy atom. The number of nitrogens with zero attached hydrogens (tertiary/aromatic N) is 3. The highest BCUT2D eigenvalue weighted by molar-refractivity contribution is 8.00. The summed E-state index contributed by atoms with van der Waals surface area (Å²) in [5.41, 5.74) is 1.19. The molecule has 0 bridgehead atoms. The van der Waals surface area contributed by atoms with Crippen molar-refractivity contribution < 1.29 is 0 Å². The average Bonchev–Trinajstić information content (AvgIpc) is 2.80. The molecule has 1 aliphatic heterocycles. The number of rotatable bonds is 3. The van der Waals surface area contributed by atoms with Crippen molar-refractivity contribution in [2.45, 2.75) is 24.1 Å². The maximum absolute atomic E-state index is 3.97. The van der Waals surface area contributed by atoms with Crippen molar-refractivity contribution in [3.8, 4) is 0 Å². The fourth-order valence-corrected chi connectivity index (χ4v) is 3.41. The summed E-state index contributed by atoms with van der Waals surface area (Å²) in [5.74, 6) is 1.29. The van der Waals surface area contributed by atoms with Gasteiger partial charge in [-0.1, -0.05) is 5.21 Å². The van der Waals surface area contributed by atoms with Crippen LogP contribution in [0.3, 0.4) is 0 Å². The molecule has 1 aromatic heterocycles. The lowest BCUT2D eigenvalue weighted by molar-refractivity contribution is 0.508. The van der Waals surface area contributed by atoms with Crippen molar-refractivity contribution >= 4 is 11.8 Å². The van der Waals surface area contributed by atoms with Crippen molar-refractivity contribution in [1.82, 2.24) is 20.3 Å². The third-order valence-electron chi connectivity index (χ3n) is 2.72.